The molecule has 26 heavy (non-hydrogen) atoms. The smallest absolute Gasteiger partial charge is 0.245 e. The van der Waals surface area contributed by atoms with Gasteiger partial charge in [-0.15, -0.1) is 0 Å². The summed E-state index contributed by atoms with van der Waals surface area (Å²) in [5.41, 5.74) is 0. The van der Waals surface area contributed by atoms with Crippen LogP contribution in [0.1, 0.15) is 50.7 Å². The fraction of sp³-hybridized carbons (Fsp3) is 0.737. The third-order valence-electron chi connectivity index (χ3n) is 5.54. The zero-order chi connectivity index (χ0) is 18.4. The van der Waals surface area contributed by atoms with Crippen molar-refractivity contribution >= 4 is 17.6 Å². The van der Waals surface area contributed by atoms with Gasteiger partial charge >= 0.3 is 0 Å². The Kier molecular flexibility index (Phi) is 6.66. The Morgan fingerprint density at radius 2 is 1.96 bits per heavy atom. The molecule has 0 unspecified atom stereocenters. The highest BCUT2D eigenvalue weighted by molar-refractivity contribution is 5.94. The number of nitrogens with one attached hydrogen (secondary N) is 2. The number of piperidine rings is 1. The molecule has 1 aliphatic carbocycles. The quantitative estimate of drug-likeness (QED) is 0.758. The number of hydrogen-bond acceptors (Lipinski definition) is 4. The second-order valence-corrected chi connectivity index (χ2v) is 7.67. The van der Waals surface area contributed by atoms with Crippen LogP contribution in [0.15, 0.2) is 10.6 Å². The Hall–Kier alpha value is -1.89. The number of likely N-dealkylation sites (tertiary alicyclic amines) is 1. The number of aryl methyl sites for hydroxylation is 1. The maximum absolute atomic E-state index is 12.9. The fourth-order valence-corrected chi connectivity index (χ4v) is 4.07. The van der Waals surface area contributed by atoms with Crippen molar-refractivity contribution in [2.75, 3.05) is 38.0 Å². The lowest BCUT2D eigenvalue weighted by molar-refractivity contribution is -0.904. The van der Waals surface area contributed by atoms with Gasteiger partial charge < -0.3 is 19.6 Å². The zero-order valence-corrected chi connectivity index (χ0v) is 15.8. The molecule has 2 aliphatic rings. The first-order valence-corrected chi connectivity index (χ1v) is 9.97. The van der Waals surface area contributed by atoms with Gasteiger partial charge in [0, 0.05) is 12.0 Å². The van der Waals surface area contributed by atoms with E-state index in [0.29, 0.717) is 18.1 Å². The van der Waals surface area contributed by atoms with Crippen LogP contribution in [0.25, 0.3) is 0 Å². The normalized spacial score (nSPS) is 18.8. The number of hydrogen-bond donors (Lipinski definition) is 2. The Bertz CT molecular complexity index is 604. The summed E-state index contributed by atoms with van der Waals surface area (Å²) in [6, 6.07) is 1.68. The monoisotopic (exact) mass is 363 g/mol. The number of carbonyl (C=O) groups excluding carboxylic acids is 2. The largest absolute Gasteiger partial charge is 0.360 e. The second kappa shape index (κ2) is 9.16. The van der Waals surface area contributed by atoms with E-state index in [9.17, 15) is 9.59 Å². The molecule has 1 aromatic rings. The van der Waals surface area contributed by atoms with Crippen LogP contribution in [0.3, 0.4) is 0 Å². The van der Waals surface area contributed by atoms with Crippen molar-refractivity contribution < 1.29 is 19.0 Å². The third kappa shape index (κ3) is 5.30. The summed E-state index contributed by atoms with van der Waals surface area (Å²) < 4.78 is 4.98. The number of carbonyl (C=O) groups is 2. The predicted octanol–water partition coefficient (Wildman–Crippen LogP) is 1.01. The molecule has 2 N–H and O–H groups in total. The summed E-state index contributed by atoms with van der Waals surface area (Å²) in [6.45, 7) is 5.80. The lowest BCUT2D eigenvalue weighted by Gasteiger charge is -2.29. The number of anilines is 1. The predicted molar refractivity (Wildman–Crippen MR) is 97.8 cm³/mol. The number of rotatable bonds is 7. The molecule has 0 atom stereocenters. The van der Waals surface area contributed by atoms with Crippen molar-refractivity contribution in [3.63, 3.8) is 0 Å². The van der Waals surface area contributed by atoms with E-state index in [1.54, 1.807) is 22.8 Å². The van der Waals surface area contributed by atoms with Crippen molar-refractivity contribution in [1.82, 2.24) is 10.1 Å². The highest BCUT2D eigenvalue weighted by Gasteiger charge is 2.29. The van der Waals surface area contributed by atoms with Gasteiger partial charge in [-0.05, 0) is 39.0 Å². The average Bonchev–Trinajstić information content (AvgIpc) is 3.31. The molecule has 0 bridgehead atoms. The zero-order valence-electron chi connectivity index (χ0n) is 15.8. The first-order chi connectivity index (χ1) is 12.6. The molecule has 0 spiro atoms. The standard InChI is InChI=1S/C19H30N4O3/c1-15-13-17(21-26-15)20-18(24)14-23(19(25)16-7-3-4-8-16)12-11-22-9-5-2-6-10-22/h13,16H,2-12,14H2,1H3,(H,20,21,24)/p+1. The van der Waals surface area contributed by atoms with Gasteiger partial charge in [-0.1, -0.05) is 18.0 Å². The molecule has 7 heteroatoms. The van der Waals surface area contributed by atoms with Gasteiger partial charge in [0.2, 0.25) is 11.8 Å². The Morgan fingerprint density at radius 3 is 2.62 bits per heavy atom. The first-order valence-electron chi connectivity index (χ1n) is 9.97. The van der Waals surface area contributed by atoms with Gasteiger partial charge in [-0.25, -0.2) is 0 Å². The minimum atomic E-state index is -0.210. The lowest BCUT2D eigenvalue weighted by Crippen LogP contribution is -3.13. The third-order valence-corrected chi connectivity index (χ3v) is 5.54. The molecule has 1 aliphatic heterocycles. The summed E-state index contributed by atoms with van der Waals surface area (Å²) >= 11 is 0. The van der Waals surface area contributed by atoms with Crippen LogP contribution in [-0.4, -0.2) is 54.6 Å². The van der Waals surface area contributed by atoms with Crippen LogP contribution in [-0.2, 0) is 9.59 Å². The minimum Gasteiger partial charge on any atom is -0.360 e. The average molecular weight is 363 g/mol. The summed E-state index contributed by atoms with van der Waals surface area (Å²) in [5.74, 6) is 1.08. The van der Waals surface area contributed by atoms with E-state index in [2.05, 4.69) is 10.5 Å². The molecule has 144 valence electrons. The Morgan fingerprint density at radius 1 is 1.23 bits per heavy atom. The van der Waals surface area contributed by atoms with Gasteiger partial charge in [0.15, 0.2) is 5.82 Å². The summed E-state index contributed by atoms with van der Waals surface area (Å²) in [7, 11) is 0. The van der Waals surface area contributed by atoms with Gasteiger partial charge in [0.1, 0.15) is 12.3 Å². The Labute approximate surface area is 155 Å². The van der Waals surface area contributed by atoms with Crippen molar-refractivity contribution in [3.8, 4) is 0 Å². The molecule has 7 nitrogen and oxygen atoms in total. The minimum absolute atomic E-state index is 0.0912. The van der Waals surface area contributed by atoms with E-state index in [1.165, 1.54) is 32.4 Å². The van der Waals surface area contributed by atoms with Gasteiger partial charge in [0.05, 0.1) is 26.2 Å². The van der Waals surface area contributed by atoms with Crippen LogP contribution in [0.4, 0.5) is 5.82 Å². The van der Waals surface area contributed by atoms with Crippen LogP contribution in [0.2, 0.25) is 0 Å². The van der Waals surface area contributed by atoms with Gasteiger partial charge in [-0.3, -0.25) is 9.59 Å². The number of nitrogens with zero attached hydrogens (tertiary/aromatic N) is 2. The summed E-state index contributed by atoms with van der Waals surface area (Å²) in [4.78, 5) is 28.6. The van der Waals surface area contributed by atoms with E-state index < -0.39 is 0 Å². The molecule has 2 amide bonds. The molecule has 2 heterocycles. The van der Waals surface area contributed by atoms with E-state index in [0.717, 1.165) is 32.2 Å². The number of aromatic nitrogens is 1. The molecular weight excluding hydrogens is 332 g/mol. The number of quaternary nitrogens is 1. The van der Waals surface area contributed by atoms with E-state index in [-0.39, 0.29) is 24.3 Å². The van der Waals surface area contributed by atoms with Crippen molar-refractivity contribution in [3.05, 3.63) is 11.8 Å². The highest BCUT2D eigenvalue weighted by atomic mass is 16.5. The van der Waals surface area contributed by atoms with Crippen molar-refractivity contribution in [1.29, 1.82) is 0 Å². The topological polar surface area (TPSA) is 79.9 Å². The lowest BCUT2D eigenvalue weighted by atomic mass is 10.1. The molecule has 0 aromatic carbocycles. The number of amides is 2. The van der Waals surface area contributed by atoms with Crippen LogP contribution < -0.4 is 10.2 Å². The van der Waals surface area contributed by atoms with Crippen LogP contribution in [0, 0.1) is 12.8 Å². The molecular formula is C19H31N4O3+. The Balaban J connectivity index is 1.57. The van der Waals surface area contributed by atoms with Gasteiger partial charge in [0.25, 0.3) is 0 Å². The van der Waals surface area contributed by atoms with Crippen LogP contribution in [0.5, 0.6) is 0 Å². The molecule has 1 saturated carbocycles. The second-order valence-electron chi connectivity index (χ2n) is 7.67. The maximum Gasteiger partial charge on any atom is 0.245 e. The SMILES string of the molecule is Cc1cc(NC(=O)CN(CC[NH+]2CCCCC2)C(=O)C2CCCC2)no1. The molecule has 0 radical (unpaired) electrons. The maximum atomic E-state index is 12.9. The fourth-order valence-electron chi connectivity index (χ4n) is 4.07. The molecule has 2 fully saturated rings. The van der Waals surface area contributed by atoms with E-state index in [4.69, 9.17) is 4.52 Å². The van der Waals surface area contributed by atoms with E-state index in [1.807, 2.05) is 0 Å². The summed E-state index contributed by atoms with van der Waals surface area (Å²) in [5, 5.41) is 6.52. The van der Waals surface area contributed by atoms with Gasteiger partial charge in [-0.2, -0.15) is 0 Å². The molecule has 1 aromatic heterocycles. The highest BCUT2D eigenvalue weighted by Crippen LogP contribution is 2.26. The molecule has 1 saturated heterocycles. The molecule has 3 rings (SSSR count). The van der Waals surface area contributed by atoms with Crippen molar-refractivity contribution in [2.24, 2.45) is 5.92 Å². The van der Waals surface area contributed by atoms with E-state index >= 15 is 0 Å². The first kappa shape index (κ1) is 18.9. The van der Waals surface area contributed by atoms with Crippen LogP contribution >= 0.6 is 0 Å². The summed E-state index contributed by atoms with van der Waals surface area (Å²) in [6.07, 6.45) is 7.98. The van der Waals surface area contributed by atoms with Crippen molar-refractivity contribution in [2.45, 2.75) is 51.9 Å².